The molecule has 1 N–H and O–H groups in total. The van der Waals surface area contributed by atoms with Crippen molar-refractivity contribution in [3.8, 4) is 0 Å². The molecule has 0 spiro atoms. The minimum absolute atomic E-state index is 0.0792. The number of hydrogen-bond donors (Lipinski definition) is 1. The Balaban J connectivity index is 1.77. The Morgan fingerprint density at radius 1 is 1.36 bits per heavy atom. The van der Waals surface area contributed by atoms with Gasteiger partial charge < -0.3 is 19.6 Å². The fourth-order valence-corrected chi connectivity index (χ4v) is 3.13. The van der Waals surface area contributed by atoms with E-state index in [0.717, 1.165) is 0 Å². The van der Waals surface area contributed by atoms with Crippen LogP contribution in [-0.4, -0.2) is 61.0 Å². The molecule has 8 heteroatoms. The maximum Gasteiger partial charge on any atom is 0.416 e. The van der Waals surface area contributed by atoms with Crippen LogP contribution in [0.1, 0.15) is 13.8 Å². The second kappa shape index (κ2) is 6.51. The van der Waals surface area contributed by atoms with Crippen LogP contribution in [0.15, 0.2) is 18.2 Å². The molecule has 0 saturated carbocycles. The van der Waals surface area contributed by atoms with Gasteiger partial charge in [0.15, 0.2) is 6.23 Å². The molecule has 2 aliphatic rings. The number of cyclic esters (lactones) is 1. The van der Waals surface area contributed by atoms with Gasteiger partial charge in [-0.25, -0.2) is 9.18 Å². The van der Waals surface area contributed by atoms with Gasteiger partial charge in [0.1, 0.15) is 5.82 Å². The summed E-state index contributed by atoms with van der Waals surface area (Å²) >= 11 is 0. The van der Waals surface area contributed by atoms with Gasteiger partial charge in [-0.1, -0.05) is 6.92 Å². The van der Waals surface area contributed by atoms with E-state index in [4.69, 9.17) is 4.74 Å². The van der Waals surface area contributed by atoms with Gasteiger partial charge in [-0.3, -0.25) is 9.69 Å². The summed E-state index contributed by atoms with van der Waals surface area (Å²) in [6.45, 7) is 4.41. The number of carbonyl (C=O) groups is 2. The number of β-amino-alcohol motifs (C(OH)–C–C–N with tert-alkyl or cyclic N) is 1. The molecule has 2 heterocycles. The first-order chi connectivity index (χ1) is 11.8. The lowest BCUT2D eigenvalue weighted by Crippen LogP contribution is -2.38. The quantitative estimate of drug-likeness (QED) is 0.891. The molecule has 2 aliphatic heterocycles. The highest BCUT2D eigenvalue weighted by molar-refractivity contribution is 5.90. The maximum absolute atomic E-state index is 14.6. The first-order valence-electron chi connectivity index (χ1n) is 8.22. The summed E-state index contributed by atoms with van der Waals surface area (Å²) in [7, 11) is 1.55. The Morgan fingerprint density at radius 2 is 2.08 bits per heavy atom. The standard InChI is InChI=1S/C17H22FN3O4/c1-10-7-20(8-15(10)23)14-5-4-12(6-13(14)18)21-9-16(25-17(21)24)19(3)11(2)22/h4-6,10,15-16,23H,7-9H2,1-3H3/t10-,15-,16?/m0/s1. The molecule has 1 aromatic carbocycles. The molecule has 25 heavy (non-hydrogen) atoms. The number of hydrogen-bond acceptors (Lipinski definition) is 5. The minimum Gasteiger partial charge on any atom is -0.423 e. The lowest BCUT2D eigenvalue weighted by atomic mass is 10.1. The predicted molar refractivity (Wildman–Crippen MR) is 89.8 cm³/mol. The molecule has 1 unspecified atom stereocenters. The molecule has 0 aromatic heterocycles. The van der Waals surface area contributed by atoms with E-state index in [0.29, 0.717) is 24.5 Å². The Hall–Kier alpha value is -2.35. The van der Waals surface area contributed by atoms with E-state index in [2.05, 4.69) is 0 Å². The monoisotopic (exact) mass is 351 g/mol. The highest BCUT2D eigenvalue weighted by Crippen LogP contribution is 2.31. The van der Waals surface area contributed by atoms with Gasteiger partial charge in [0.2, 0.25) is 5.91 Å². The average molecular weight is 351 g/mol. The second-order valence-electron chi connectivity index (χ2n) is 6.66. The predicted octanol–water partition coefficient (Wildman–Crippen LogP) is 1.40. The lowest BCUT2D eigenvalue weighted by molar-refractivity contribution is -0.134. The number of rotatable bonds is 3. The van der Waals surface area contributed by atoms with Crippen molar-refractivity contribution in [2.75, 3.05) is 36.5 Å². The van der Waals surface area contributed by atoms with Crippen LogP contribution in [-0.2, 0) is 9.53 Å². The van der Waals surface area contributed by atoms with E-state index >= 15 is 0 Å². The molecule has 7 nitrogen and oxygen atoms in total. The molecule has 1 aromatic rings. The third kappa shape index (κ3) is 3.26. The maximum atomic E-state index is 14.6. The Labute approximate surface area is 145 Å². The number of aliphatic hydroxyl groups is 1. The van der Waals surface area contributed by atoms with Crippen LogP contribution < -0.4 is 9.80 Å². The van der Waals surface area contributed by atoms with E-state index in [1.54, 1.807) is 24.1 Å². The molecule has 136 valence electrons. The molecule has 2 saturated heterocycles. The normalized spacial score (nSPS) is 26.1. The van der Waals surface area contributed by atoms with Crippen molar-refractivity contribution in [3.63, 3.8) is 0 Å². The topological polar surface area (TPSA) is 73.3 Å². The number of halogens is 1. The summed E-state index contributed by atoms with van der Waals surface area (Å²) in [4.78, 5) is 27.9. The van der Waals surface area contributed by atoms with E-state index in [1.807, 2.05) is 6.92 Å². The van der Waals surface area contributed by atoms with Gasteiger partial charge in [0.05, 0.1) is 24.0 Å². The number of likely N-dealkylation sites (N-methyl/N-ethyl adjacent to an activating group) is 1. The van der Waals surface area contributed by atoms with Crippen molar-refractivity contribution in [1.29, 1.82) is 0 Å². The van der Waals surface area contributed by atoms with Gasteiger partial charge in [-0.15, -0.1) is 0 Å². The average Bonchev–Trinajstić information content (AvgIpc) is 3.09. The lowest BCUT2D eigenvalue weighted by Gasteiger charge is -2.22. The third-order valence-corrected chi connectivity index (χ3v) is 4.88. The third-order valence-electron chi connectivity index (χ3n) is 4.88. The highest BCUT2D eigenvalue weighted by Gasteiger charge is 2.36. The van der Waals surface area contributed by atoms with Gasteiger partial charge in [-0.05, 0) is 18.2 Å². The SMILES string of the molecule is CC(=O)N(C)C1CN(c2ccc(N3C[C@H](C)[C@@H](O)C3)c(F)c2)C(=O)O1. The van der Waals surface area contributed by atoms with E-state index in [9.17, 15) is 19.1 Å². The fourth-order valence-electron chi connectivity index (χ4n) is 3.13. The number of benzene rings is 1. The van der Waals surface area contributed by atoms with Crippen LogP contribution in [0.3, 0.4) is 0 Å². The molecule has 0 aliphatic carbocycles. The smallest absolute Gasteiger partial charge is 0.416 e. The first kappa shape index (κ1) is 17.5. The molecule has 3 atom stereocenters. The largest absolute Gasteiger partial charge is 0.423 e. The van der Waals surface area contributed by atoms with Crippen molar-refractivity contribution in [3.05, 3.63) is 24.0 Å². The van der Waals surface area contributed by atoms with Crippen molar-refractivity contribution in [1.82, 2.24) is 4.90 Å². The molecular formula is C17H22FN3O4. The molecule has 0 radical (unpaired) electrons. The zero-order valence-electron chi connectivity index (χ0n) is 14.5. The van der Waals surface area contributed by atoms with Crippen LogP contribution in [0, 0.1) is 11.7 Å². The second-order valence-corrected chi connectivity index (χ2v) is 6.66. The molecule has 2 fully saturated rings. The summed E-state index contributed by atoms with van der Waals surface area (Å²) in [5.74, 6) is -0.603. The Morgan fingerprint density at radius 3 is 2.64 bits per heavy atom. The van der Waals surface area contributed by atoms with Crippen molar-refractivity contribution >= 4 is 23.4 Å². The number of amides is 2. The van der Waals surface area contributed by atoms with Crippen molar-refractivity contribution < 1.29 is 23.8 Å². The van der Waals surface area contributed by atoms with Crippen LogP contribution >= 0.6 is 0 Å². The molecule has 3 rings (SSSR count). The number of ether oxygens (including phenoxy) is 1. The number of nitrogens with zero attached hydrogens (tertiary/aromatic N) is 3. The van der Waals surface area contributed by atoms with E-state index < -0.39 is 24.2 Å². The minimum atomic E-state index is -0.692. The Bertz CT molecular complexity index is 688. The van der Waals surface area contributed by atoms with Crippen LogP contribution in [0.5, 0.6) is 0 Å². The van der Waals surface area contributed by atoms with Gasteiger partial charge in [0, 0.05) is 33.0 Å². The van der Waals surface area contributed by atoms with Gasteiger partial charge >= 0.3 is 6.09 Å². The van der Waals surface area contributed by atoms with Crippen molar-refractivity contribution in [2.45, 2.75) is 26.2 Å². The zero-order chi connectivity index (χ0) is 18.3. The van der Waals surface area contributed by atoms with Crippen LogP contribution in [0.2, 0.25) is 0 Å². The summed E-state index contributed by atoms with van der Waals surface area (Å²) in [6, 6.07) is 4.53. The number of aliphatic hydroxyl groups excluding tert-OH is 1. The molecule has 0 bridgehead atoms. The summed E-state index contributed by atoms with van der Waals surface area (Å²) in [6.07, 6.45) is -1.78. The van der Waals surface area contributed by atoms with Crippen LogP contribution in [0.25, 0.3) is 0 Å². The number of carbonyl (C=O) groups excluding carboxylic acids is 2. The van der Waals surface area contributed by atoms with E-state index in [1.165, 1.54) is 22.8 Å². The number of anilines is 2. The zero-order valence-corrected chi connectivity index (χ0v) is 14.5. The first-order valence-corrected chi connectivity index (χ1v) is 8.22. The summed E-state index contributed by atoms with van der Waals surface area (Å²) in [5, 5.41) is 9.84. The summed E-state index contributed by atoms with van der Waals surface area (Å²) < 4.78 is 19.7. The van der Waals surface area contributed by atoms with Crippen LogP contribution in [0.4, 0.5) is 20.6 Å². The Kier molecular flexibility index (Phi) is 4.55. The highest BCUT2D eigenvalue weighted by atomic mass is 19.1. The summed E-state index contributed by atoms with van der Waals surface area (Å²) in [5.41, 5.74) is 0.774. The van der Waals surface area contributed by atoms with Crippen molar-refractivity contribution in [2.24, 2.45) is 5.92 Å². The van der Waals surface area contributed by atoms with Gasteiger partial charge in [-0.2, -0.15) is 0 Å². The van der Waals surface area contributed by atoms with Gasteiger partial charge in [0.25, 0.3) is 0 Å². The molecule has 2 amide bonds. The van der Waals surface area contributed by atoms with E-state index in [-0.39, 0.29) is 18.4 Å². The molecular weight excluding hydrogens is 329 g/mol. The fraction of sp³-hybridized carbons (Fsp3) is 0.529.